The third-order valence-electron chi connectivity index (χ3n) is 6.84. The number of hydrogen-bond acceptors (Lipinski definition) is 3. The molecule has 1 aliphatic heterocycles. The molecule has 0 spiro atoms. The molecule has 6 heteroatoms. The number of nitrogens with zero attached hydrogens (tertiary/aromatic N) is 2. The van der Waals surface area contributed by atoms with Crippen LogP contribution in [0.25, 0.3) is 0 Å². The van der Waals surface area contributed by atoms with E-state index in [-0.39, 0.29) is 23.7 Å². The lowest BCUT2D eigenvalue weighted by molar-refractivity contribution is 0.0739. The molecule has 0 radical (unpaired) electrons. The van der Waals surface area contributed by atoms with Gasteiger partial charge >= 0.3 is 0 Å². The Morgan fingerprint density at radius 3 is 2.26 bits per heavy atom. The van der Waals surface area contributed by atoms with Crippen molar-refractivity contribution in [3.63, 3.8) is 0 Å². The highest BCUT2D eigenvalue weighted by atomic mass is 19.1. The van der Waals surface area contributed by atoms with Gasteiger partial charge in [0.15, 0.2) is 0 Å². The standard InChI is InChI=1S/C28H28FN3O2/c29-21-12-14-22(15-13-21)31-16-18-32(19-17-31)28(34)25-10-4-3-9-24(25)27(33)30-26-11-5-7-20-6-1-2-8-23(20)26/h1-4,6,8-10,12-15,26H,5,7,11,16-19H2,(H,30,33). The normalized spacial score (nSPS) is 17.7. The van der Waals surface area contributed by atoms with Crippen molar-refractivity contribution >= 4 is 17.5 Å². The number of rotatable bonds is 4. The van der Waals surface area contributed by atoms with E-state index in [4.69, 9.17) is 0 Å². The fourth-order valence-corrected chi connectivity index (χ4v) is 5.00. The average molecular weight is 458 g/mol. The molecule has 1 aliphatic carbocycles. The van der Waals surface area contributed by atoms with E-state index in [1.54, 1.807) is 41.3 Å². The number of carbonyl (C=O) groups excluding carboxylic acids is 2. The summed E-state index contributed by atoms with van der Waals surface area (Å²) in [5.41, 5.74) is 4.24. The van der Waals surface area contributed by atoms with Crippen molar-refractivity contribution in [3.8, 4) is 0 Å². The summed E-state index contributed by atoms with van der Waals surface area (Å²) in [6.45, 7) is 2.40. The van der Waals surface area contributed by atoms with Gasteiger partial charge in [0.25, 0.3) is 11.8 Å². The topological polar surface area (TPSA) is 52.7 Å². The lowest BCUT2D eigenvalue weighted by atomic mass is 9.87. The lowest BCUT2D eigenvalue weighted by Gasteiger charge is -2.36. The summed E-state index contributed by atoms with van der Waals surface area (Å²) in [6, 6.07) is 21.7. The van der Waals surface area contributed by atoms with Gasteiger partial charge in [0.05, 0.1) is 17.2 Å². The molecule has 2 amide bonds. The number of piperazine rings is 1. The Kier molecular flexibility index (Phi) is 6.30. The smallest absolute Gasteiger partial charge is 0.254 e. The van der Waals surface area contributed by atoms with E-state index in [0.717, 1.165) is 24.9 Å². The van der Waals surface area contributed by atoms with Crippen LogP contribution >= 0.6 is 0 Å². The van der Waals surface area contributed by atoms with Crippen molar-refractivity contribution in [1.29, 1.82) is 0 Å². The largest absolute Gasteiger partial charge is 0.368 e. The summed E-state index contributed by atoms with van der Waals surface area (Å²) >= 11 is 0. The Labute approximate surface area is 199 Å². The number of anilines is 1. The monoisotopic (exact) mass is 457 g/mol. The minimum atomic E-state index is -0.260. The average Bonchev–Trinajstić information content (AvgIpc) is 2.89. The summed E-state index contributed by atoms with van der Waals surface area (Å²) in [5.74, 6) is -0.603. The molecule has 174 valence electrons. The molecule has 5 nitrogen and oxygen atoms in total. The molecule has 0 aromatic heterocycles. The van der Waals surface area contributed by atoms with E-state index in [1.165, 1.54) is 23.3 Å². The molecule has 1 N–H and O–H groups in total. The first kappa shape index (κ1) is 22.1. The molecule has 1 saturated heterocycles. The van der Waals surface area contributed by atoms with Gasteiger partial charge in [-0.05, 0) is 66.8 Å². The van der Waals surface area contributed by atoms with E-state index in [0.29, 0.717) is 37.3 Å². The molecule has 5 rings (SSSR count). The highest BCUT2D eigenvalue weighted by Gasteiger charge is 2.27. The molecule has 1 atom stereocenters. The van der Waals surface area contributed by atoms with Crippen molar-refractivity contribution < 1.29 is 14.0 Å². The predicted molar refractivity (Wildman–Crippen MR) is 131 cm³/mol. The number of carbonyl (C=O) groups is 2. The number of halogens is 1. The number of amides is 2. The van der Waals surface area contributed by atoms with E-state index >= 15 is 0 Å². The third kappa shape index (κ3) is 4.53. The first-order valence-electron chi connectivity index (χ1n) is 11.9. The summed E-state index contributed by atoms with van der Waals surface area (Å²) in [7, 11) is 0. The number of nitrogens with one attached hydrogen (secondary N) is 1. The van der Waals surface area contributed by atoms with Crippen LogP contribution < -0.4 is 10.2 Å². The van der Waals surface area contributed by atoms with Gasteiger partial charge in [0.1, 0.15) is 5.82 Å². The number of hydrogen-bond donors (Lipinski definition) is 1. The van der Waals surface area contributed by atoms with Gasteiger partial charge in [-0.1, -0.05) is 36.4 Å². The molecular formula is C28H28FN3O2. The second-order valence-corrected chi connectivity index (χ2v) is 8.92. The van der Waals surface area contributed by atoms with Crippen LogP contribution in [0.1, 0.15) is 50.7 Å². The van der Waals surface area contributed by atoms with Crippen molar-refractivity contribution in [2.24, 2.45) is 0 Å². The van der Waals surface area contributed by atoms with Crippen LogP contribution in [0.15, 0.2) is 72.8 Å². The third-order valence-corrected chi connectivity index (χ3v) is 6.84. The molecule has 34 heavy (non-hydrogen) atoms. The Morgan fingerprint density at radius 2 is 1.50 bits per heavy atom. The van der Waals surface area contributed by atoms with Crippen molar-refractivity contribution in [1.82, 2.24) is 10.2 Å². The SMILES string of the molecule is O=C(NC1CCCc2ccccc21)c1ccccc1C(=O)N1CCN(c2ccc(F)cc2)CC1. The van der Waals surface area contributed by atoms with Crippen molar-refractivity contribution in [2.75, 3.05) is 31.1 Å². The first-order valence-corrected chi connectivity index (χ1v) is 11.9. The molecule has 1 fully saturated rings. The minimum absolute atomic E-state index is 0.0418. The molecular weight excluding hydrogens is 429 g/mol. The van der Waals surface area contributed by atoms with Gasteiger partial charge in [0.2, 0.25) is 0 Å². The number of benzene rings is 3. The maximum atomic E-state index is 13.4. The number of fused-ring (bicyclic) bond motifs is 1. The second-order valence-electron chi connectivity index (χ2n) is 8.92. The predicted octanol–water partition coefficient (Wildman–Crippen LogP) is 4.60. The Morgan fingerprint density at radius 1 is 0.824 bits per heavy atom. The maximum absolute atomic E-state index is 13.4. The zero-order chi connectivity index (χ0) is 23.5. The maximum Gasteiger partial charge on any atom is 0.254 e. The van der Waals surface area contributed by atoms with Crippen LogP contribution in [0, 0.1) is 5.82 Å². The van der Waals surface area contributed by atoms with Gasteiger partial charge in [0, 0.05) is 31.9 Å². The Hall–Kier alpha value is -3.67. The van der Waals surface area contributed by atoms with Gasteiger partial charge in [-0.15, -0.1) is 0 Å². The molecule has 0 saturated carbocycles. The van der Waals surface area contributed by atoms with E-state index in [1.807, 2.05) is 12.1 Å². The van der Waals surface area contributed by atoms with Crippen molar-refractivity contribution in [3.05, 3.63) is 101 Å². The molecule has 2 aliphatic rings. The lowest BCUT2D eigenvalue weighted by Crippen LogP contribution is -2.49. The molecule has 0 bridgehead atoms. The molecule has 3 aromatic rings. The fraction of sp³-hybridized carbons (Fsp3) is 0.286. The Balaban J connectivity index is 1.28. The quantitative estimate of drug-likeness (QED) is 0.623. The molecule has 1 unspecified atom stereocenters. The first-order chi connectivity index (χ1) is 16.6. The van der Waals surface area contributed by atoms with Gasteiger partial charge in [-0.25, -0.2) is 4.39 Å². The van der Waals surface area contributed by atoms with Crippen LogP contribution in [0.5, 0.6) is 0 Å². The van der Waals surface area contributed by atoms with Crippen LogP contribution in [0.3, 0.4) is 0 Å². The number of aryl methyl sites for hydroxylation is 1. The summed E-state index contributed by atoms with van der Waals surface area (Å²) in [4.78, 5) is 30.6. The van der Waals surface area contributed by atoms with E-state index < -0.39 is 0 Å². The summed E-state index contributed by atoms with van der Waals surface area (Å²) in [5, 5.41) is 3.17. The minimum Gasteiger partial charge on any atom is -0.368 e. The fourth-order valence-electron chi connectivity index (χ4n) is 5.00. The summed E-state index contributed by atoms with van der Waals surface area (Å²) in [6.07, 6.45) is 2.95. The van der Waals surface area contributed by atoms with E-state index in [2.05, 4.69) is 22.3 Å². The van der Waals surface area contributed by atoms with E-state index in [9.17, 15) is 14.0 Å². The molecule has 1 heterocycles. The van der Waals surface area contributed by atoms with Crippen LogP contribution in [0.2, 0.25) is 0 Å². The Bertz CT molecular complexity index is 1190. The van der Waals surface area contributed by atoms with Gasteiger partial charge in [-0.3, -0.25) is 9.59 Å². The van der Waals surface area contributed by atoms with Crippen LogP contribution in [0.4, 0.5) is 10.1 Å². The van der Waals surface area contributed by atoms with Crippen LogP contribution in [-0.2, 0) is 6.42 Å². The van der Waals surface area contributed by atoms with Gasteiger partial charge in [-0.2, -0.15) is 0 Å². The highest BCUT2D eigenvalue weighted by molar-refractivity contribution is 6.07. The zero-order valence-corrected chi connectivity index (χ0v) is 19.0. The summed E-state index contributed by atoms with van der Waals surface area (Å²) < 4.78 is 13.2. The van der Waals surface area contributed by atoms with Crippen LogP contribution in [-0.4, -0.2) is 42.9 Å². The van der Waals surface area contributed by atoms with Crippen molar-refractivity contribution in [2.45, 2.75) is 25.3 Å². The zero-order valence-electron chi connectivity index (χ0n) is 19.0. The molecule has 3 aromatic carbocycles. The second kappa shape index (κ2) is 9.67. The van der Waals surface area contributed by atoms with Gasteiger partial charge < -0.3 is 15.1 Å². The highest BCUT2D eigenvalue weighted by Crippen LogP contribution is 2.30.